The van der Waals surface area contributed by atoms with Gasteiger partial charge < -0.3 is 5.32 Å². The molecule has 0 saturated carbocycles. The lowest BCUT2D eigenvalue weighted by Gasteiger charge is -2.09. The smallest absolute Gasteiger partial charge is 0.269 e. The van der Waals surface area contributed by atoms with Crippen LogP contribution in [0.3, 0.4) is 0 Å². The minimum absolute atomic E-state index is 0.0428. The highest BCUT2D eigenvalue weighted by Gasteiger charge is 2.15. The molecule has 0 heterocycles. The van der Waals surface area contributed by atoms with Gasteiger partial charge in [0.25, 0.3) is 11.6 Å². The predicted molar refractivity (Wildman–Crippen MR) is 78.9 cm³/mol. The van der Waals surface area contributed by atoms with E-state index in [1.807, 2.05) is 0 Å². The molecular weight excluding hydrogens is 256 g/mol. The second kappa shape index (κ2) is 8.30. The lowest BCUT2D eigenvalue weighted by molar-refractivity contribution is -0.384. The van der Waals surface area contributed by atoms with Gasteiger partial charge in [0.05, 0.1) is 4.92 Å². The Balaban J connectivity index is 2.92. The number of amides is 1. The number of hydrogen-bond acceptors (Lipinski definition) is 3. The SMILES string of the molecule is CCCCNC(=O)c1ccc([N+](=O)[O-])cc1CCCC. The molecule has 0 saturated heterocycles. The van der Waals surface area contributed by atoms with Gasteiger partial charge in [0.2, 0.25) is 0 Å². The number of benzene rings is 1. The zero-order valence-electron chi connectivity index (χ0n) is 12.1. The molecule has 0 aliphatic carbocycles. The molecule has 0 spiro atoms. The monoisotopic (exact) mass is 278 g/mol. The maximum atomic E-state index is 12.1. The Morgan fingerprint density at radius 1 is 1.25 bits per heavy atom. The molecule has 0 aliphatic rings. The van der Waals surface area contributed by atoms with Crippen molar-refractivity contribution in [3.63, 3.8) is 0 Å². The zero-order valence-corrected chi connectivity index (χ0v) is 12.1. The van der Waals surface area contributed by atoms with Gasteiger partial charge in [-0.1, -0.05) is 26.7 Å². The number of nitrogens with zero attached hydrogens (tertiary/aromatic N) is 1. The van der Waals surface area contributed by atoms with E-state index in [4.69, 9.17) is 0 Å². The fourth-order valence-corrected chi connectivity index (χ4v) is 1.96. The highest BCUT2D eigenvalue weighted by Crippen LogP contribution is 2.20. The van der Waals surface area contributed by atoms with Crippen LogP contribution in [0.1, 0.15) is 55.5 Å². The molecule has 110 valence electrons. The van der Waals surface area contributed by atoms with E-state index in [0.29, 0.717) is 18.5 Å². The van der Waals surface area contributed by atoms with Crippen molar-refractivity contribution in [2.24, 2.45) is 0 Å². The molecule has 5 nitrogen and oxygen atoms in total. The number of carbonyl (C=O) groups is 1. The highest BCUT2D eigenvalue weighted by atomic mass is 16.6. The summed E-state index contributed by atoms with van der Waals surface area (Å²) < 4.78 is 0. The molecule has 5 heteroatoms. The van der Waals surface area contributed by atoms with Crippen molar-refractivity contribution >= 4 is 11.6 Å². The first kappa shape index (κ1) is 16.1. The van der Waals surface area contributed by atoms with Crippen LogP contribution in [-0.2, 0) is 6.42 Å². The van der Waals surface area contributed by atoms with E-state index in [9.17, 15) is 14.9 Å². The van der Waals surface area contributed by atoms with Gasteiger partial charge in [-0.2, -0.15) is 0 Å². The molecule has 20 heavy (non-hydrogen) atoms. The Hall–Kier alpha value is -1.91. The summed E-state index contributed by atoms with van der Waals surface area (Å²) in [6.07, 6.45) is 4.54. The molecule has 1 aromatic rings. The van der Waals surface area contributed by atoms with Crippen LogP contribution in [0.15, 0.2) is 18.2 Å². The summed E-state index contributed by atoms with van der Waals surface area (Å²) in [5, 5.41) is 13.7. The number of unbranched alkanes of at least 4 members (excludes halogenated alkanes) is 2. The summed E-state index contributed by atoms with van der Waals surface area (Å²) in [5.74, 6) is -0.139. The van der Waals surface area contributed by atoms with Crippen molar-refractivity contribution in [2.45, 2.75) is 46.0 Å². The van der Waals surface area contributed by atoms with Crippen LogP contribution in [0.4, 0.5) is 5.69 Å². The molecule has 1 N–H and O–H groups in total. The molecule has 0 unspecified atom stereocenters. The number of nitrogens with one attached hydrogen (secondary N) is 1. The van der Waals surface area contributed by atoms with E-state index in [1.54, 1.807) is 6.07 Å². The van der Waals surface area contributed by atoms with E-state index < -0.39 is 4.92 Å². The molecule has 0 fully saturated rings. The third-order valence-corrected chi connectivity index (χ3v) is 3.16. The molecule has 1 amide bonds. The van der Waals surface area contributed by atoms with Crippen molar-refractivity contribution in [3.05, 3.63) is 39.4 Å². The van der Waals surface area contributed by atoms with Gasteiger partial charge in [-0.05, 0) is 30.9 Å². The molecule has 0 aromatic heterocycles. The maximum Gasteiger partial charge on any atom is 0.269 e. The first-order chi connectivity index (χ1) is 9.60. The van der Waals surface area contributed by atoms with Gasteiger partial charge in [-0.25, -0.2) is 0 Å². The molecule has 0 atom stereocenters. The van der Waals surface area contributed by atoms with Crippen LogP contribution in [0.5, 0.6) is 0 Å². The van der Waals surface area contributed by atoms with Crippen LogP contribution in [0, 0.1) is 10.1 Å². The third kappa shape index (κ3) is 4.64. The van der Waals surface area contributed by atoms with E-state index in [0.717, 1.165) is 31.2 Å². The fourth-order valence-electron chi connectivity index (χ4n) is 1.96. The summed E-state index contributed by atoms with van der Waals surface area (Å²) in [4.78, 5) is 22.5. The van der Waals surface area contributed by atoms with E-state index in [1.165, 1.54) is 12.1 Å². The average molecular weight is 278 g/mol. The summed E-state index contributed by atoms with van der Waals surface area (Å²) in [6.45, 7) is 4.75. The number of carbonyl (C=O) groups excluding carboxylic acids is 1. The fraction of sp³-hybridized carbons (Fsp3) is 0.533. The second-order valence-electron chi connectivity index (χ2n) is 4.81. The van der Waals surface area contributed by atoms with E-state index in [2.05, 4.69) is 19.2 Å². The van der Waals surface area contributed by atoms with Gasteiger partial charge in [0.15, 0.2) is 0 Å². The zero-order chi connectivity index (χ0) is 15.0. The molecular formula is C15H22N2O3. The second-order valence-corrected chi connectivity index (χ2v) is 4.81. The van der Waals surface area contributed by atoms with Crippen LogP contribution in [-0.4, -0.2) is 17.4 Å². The predicted octanol–water partition coefficient (Wildman–Crippen LogP) is 3.47. The number of hydrogen-bond donors (Lipinski definition) is 1. The van der Waals surface area contributed by atoms with Gasteiger partial charge in [-0.3, -0.25) is 14.9 Å². The highest BCUT2D eigenvalue weighted by molar-refractivity contribution is 5.96. The largest absolute Gasteiger partial charge is 0.352 e. The van der Waals surface area contributed by atoms with Crippen LogP contribution >= 0.6 is 0 Å². The van der Waals surface area contributed by atoms with Crippen molar-refractivity contribution in [2.75, 3.05) is 6.54 Å². The number of non-ortho nitro benzene ring substituents is 1. The molecule has 0 radical (unpaired) electrons. The lowest BCUT2D eigenvalue weighted by atomic mass is 10.0. The van der Waals surface area contributed by atoms with Gasteiger partial charge in [0, 0.05) is 24.2 Å². The molecule has 0 bridgehead atoms. The van der Waals surface area contributed by atoms with Crippen molar-refractivity contribution < 1.29 is 9.72 Å². The molecule has 0 aliphatic heterocycles. The Labute approximate surface area is 119 Å². The van der Waals surface area contributed by atoms with E-state index >= 15 is 0 Å². The Morgan fingerprint density at radius 3 is 2.55 bits per heavy atom. The quantitative estimate of drug-likeness (QED) is 0.449. The average Bonchev–Trinajstić information content (AvgIpc) is 2.44. The molecule has 1 rings (SSSR count). The van der Waals surface area contributed by atoms with Crippen molar-refractivity contribution in [1.82, 2.24) is 5.32 Å². The molecule has 1 aromatic carbocycles. The first-order valence-corrected chi connectivity index (χ1v) is 7.15. The first-order valence-electron chi connectivity index (χ1n) is 7.15. The summed E-state index contributed by atoms with van der Waals surface area (Å²) in [5.41, 5.74) is 1.36. The Morgan fingerprint density at radius 2 is 1.95 bits per heavy atom. The van der Waals surface area contributed by atoms with Gasteiger partial charge in [-0.15, -0.1) is 0 Å². The standard InChI is InChI=1S/C15H22N2O3/c1-3-5-7-12-11-13(17(19)20)8-9-14(12)15(18)16-10-6-4-2/h8-9,11H,3-7,10H2,1-2H3,(H,16,18). The number of nitro groups is 1. The summed E-state index contributed by atoms with van der Waals surface area (Å²) in [6, 6.07) is 4.47. The van der Waals surface area contributed by atoms with E-state index in [-0.39, 0.29) is 11.6 Å². The van der Waals surface area contributed by atoms with Crippen LogP contribution < -0.4 is 5.32 Å². The lowest BCUT2D eigenvalue weighted by Crippen LogP contribution is -2.25. The Bertz CT molecular complexity index is 472. The van der Waals surface area contributed by atoms with Crippen LogP contribution in [0.2, 0.25) is 0 Å². The van der Waals surface area contributed by atoms with Gasteiger partial charge >= 0.3 is 0 Å². The maximum absolute atomic E-state index is 12.1. The summed E-state index contributed by atoms with van der Waals surface area (Å²) >= 11 is 0. The van der Waals surface area contributed by atoms with Crippen molar-refractivity contribution in [1.29, 1.82) is 0 Å². The van der Waals surface area contributed by atoms with Crippen LogP contribution in [0.25, 0.3) is 0 Å². The summed E-state index contributed by atoms with van der Waals surface area (Å²) in [7, 11) is 0. The number of aryl methyl sites for hydroxylation is 1. The topological polar surface area (TPSA) is 72.2 Å². The minimum atomic E-state index is -0.422. The number of rotatable bonds is 8. The van der Waals surface area contributed by atoms with Gasteiger partial charge in [0.1, 0.15) is 0 Å². The number of nitro benzene ring substituents is 1. The third-order valence-electron chi connectivity index (χ3n) is 3.16. The normalized spacial score (nSPS) is 10.3. The Kier molecular flexibility index (Phi) is 6.70. The minimum Gasteiger partial charge on any atom is -0.352 e. The van der Waals surface area contributed by atoms with Crippen molar-refractivity contribution in [3.8, 4) is 0 Å².